The van der Waals surface area contributed by atoms with Crippen LogP contribution in [0.3, 0.4) is 0 Å². The molecule has 1 aromatic rings. The van der Waals surface area contributed by atoms with Gasteiger partial charge in [0, 0.05) is 32.2 Å². The van der Waals surface area contributed by atoms with Gasteiger partial charge in [0.15, 0.2) is 5.82 Å². The molecule has 4 rings (SSSR count). The van der Waals surface area contributed by atoms with E-state index in [1.54, 1.807) is 6.92 Å². The standard InChI is InChI=1S/C15H25N5O6S2/c1-11-16-14(26-17-11)15-8-13(7-12(15)9-20(10-15)27(2,21)22)18-28(23,24)19-3-5-25-6-4-19/h12-13,18H,3-10H2,1-2H3/t12-,13+,15-/m0/s1. The van der Waals surface area contributed by atoms with Gasteiger partial charge in [-0.1, -0.05) is 5.16 Å². The number of ether oxygens (including phenoxy) is 1. The largest absolute Gasteiger partial charge is 0.379 e. The van der Waals surface area contributed by atoms with Crippen LogP contribution < -0.4 is 4.72 Å². The zero-order chi connectivity index (χ0) is 20.2. The summed E-state index contributed by atoms with van der Waals surface area (Å²) >= 11 is 0. The monoisotopic (exact) mass is 435 g/mol. The SMILES string of the molecule is Cc1noc([C@]23C[C@H](NS(=O)(=O)N4CCOCC4)C[C@H]2CN(S(C)(=O)=O)C3)n1. The Balaban J connectivity index is 1.57. The van der Waals surface area contributed by atoms with E-state index in [4.69, 9.17) is 9.26 Å². The number of aryl methyl sites for hydroxylation is 1. The fourth-order valence-electron chi connectivity index (χ4n) is 4.57. The number of morpholine rings is 1. The average Bonchev–Trinajstić information content (AvgIpc) is 3.27. The van der Waals surface area contributed by atoms with Crippen molar-refractivity contribution in [2.75, 3.05) is 45.6 Å². The van der Waals surface area contributed by atoms with Gasteiger partial charge in [-0.15, -0.1) is 0 Å². The molecule has 3 aliphatic rings. The molecule has 0 radical (unpaired) electrons. The van der Waals surface area contributed by atoms with Gasteiger partial charge >= 0.3 is 0 Å². The molecule has 2 saturated heterocycles. The number of nitrogens with one attached hydrogen (secondary N) is 1. The van der Waals surface area contributed by atoms with Gasteiger partial charge in [-0.05, 0) is 25.7 Å². The first-order chi connectivity index (χ1) is 13.1. The van der Waals surface area contributed by atoms with Crippen molar-refractivity contribution in [3.8, 4) is 0 Å². The van der Waals surface area contributed by atoms with Crippen LogP contribution in [0.15, 0.2) is 4.52 Å². The second-order valence-electron chi connectivity index (χ2n) is 7.83. The van der Waals surface area contributed by atoms with Crippen LogP contribution in [0.25, 0.3) is 0 Å². The van der Waals surface area contributed by atoms with Crippen molar-refractivity contribution in [3.63, 3.8) is 0 Å². The van der Waals surface area contributed by atoms with Crippen molar-refractivity contribution < 1.29 is 26.1 Å². The molecule has 0 bridgehead atoms. The van der Waals surface area contributed by atoms with Crippen molar-refractivity contribution in [1.82, 2.24) is 23.5 Å². The third kappa shape index (κ3) is 3.59. The van der Waals surface area contributed by atoms with Gasteiger partial charge in [-0.3, -0.25) is 0 Å². The molecule has 13 heteroatoms. The average molecular weight is 436 g/mol. The zero-order valence-corrected chi connectivity index (χ0v) is 17.5. The normalized spacial score (nSPS) is 32.6. The molecule has 3 atom stereocenters. The molecular weight excluding hydrogens is 410 g/mol. The minimum absolute atomic E-state index is 0.0977. The van der Waals surface area contributed by atoms with E-state index in [1.165, 1.54) is 14.9 Å². The number of fused-ring (bicyclic) bond motifs is 1. The lowest BCUT2D eigenvalue weighted by Gasteiger charge is -2.28. The number of aromatic nitrogens is 2. The summed E-state index contributed by atoms with van der Waals surface area (Å²) in [6, 6.07) is -0.327. The predicted molar refractivity (Wildman–Crippen MR) is 98.1 cm³/mol. The van der Waals surface area contributed by atoms with Crippen molar-refractivity contribution in [2.24, 2.45) is 5.92 Å². The fourth-order valence-corrected chi connectivity index (χ4v) is 6.87. The zero-order valence-electron chi connectivity index (χ0n) is 15.9. The van der Waals surface area contributed by atoms with E-state index >= 15 is 0 Å². The Morgan fingerprint density at radius 3 is 2.50 bits per heavy atom. The van der Waals surface area contributed by atoms with Crippen molar-refractivity contribution in [2.45, 2.75) is 31.2 Å². The molecule has 3 heterocycles. The Morgan fingerprint density at radius 2 is 1.89 bits per heavy atom. The summed E-state index contributed by atoms with van der Waals surface area (Å²) in [7, 11) is -7.01. The lowest BCUT2D eigenvalue weighted by Crippen LogP contribution is -2.49. The second kappa shape index (κ2) is 6.99. The highest BCUT2D eigenvalue weighted by Gasteiger charge is 2.59. The number of hydrogen-bond acceptors (Lipinski definition) is 8. The molecule has 0 spiro atoms. The number of rotatable bonds is 5. The Hall–Kier alpha value is -1.12. The second-order valence-corrected chi connectivity index (χ2v) is 11.5. The summed E-state index contributed by atoms with van der Waals surface area (Å²) in [6.45, 7) is 3.63. The minimum atomic E-state index is -3.64. The van der Waals surface area contributed by atoms with Gasteiger partial charge in [0.05, 0.1) is 24.9 Å². The van der Waals surface area contributed by atoms with Gasteiger partial charge in [0.25, 0.3) is 10.2 Å². The maximum atomic E-state index is 12.7. The van der Waals surface area contributed by atoms with Gasteiger partial charge in [-0.2, -0.15) is 22.4 Å². The first kappa shape index (κ1) is 20.2. The predicted octanol–water partition coefficient (Wildman–Crippen LogP) is -1.16. The molecule has 158 valence electrons. The third-order valence-electron chi connectivity index (χ3n) is 5.89. The first-order valence-corrected chi connectivity index (χ1v) is 12.5. The highest BCUT2D eigenvalue weighted by molar-refractivity contribution is 7.88. The smallest absolute Gasteiger partial charge is 0.279 e. The molecule has 2 aliphatic heterocycles. The number of hydrogen-bond donors (Lipinski definition) is 1. The Labute approximate surface area is 164 Å². The maximum absolute atomic E-state index is 12.7. The van der Waals surface area contributed by atoms with E-state index in [9.17, 15) is 16.8 Å². The first-order valence-electron chi connectivity index (χ1n) is 9.21. The molecule has 0 aromatic carbocycles. The molecule has 3 fully saturated rings. The van der Waals surface area contributed by atoms with Crippen LogP contribution in [0, 0.1) is 12.8 Å². The van der Waals surface area contributed by atoms with Crippen LogP contribution in [-0.4, -0.2) is 87.3 Å². The van der Waals surface area contributed by atoms with E-state index in [2.05, 4.69) is 14.9 Å². The van der Waals surface area contributed by atoms with Crippen molar-refractivity contribution in [3.05, 3.63) is 11.7 Å². The van der Waals surface area contributed by atoms with Gasteiger partial charge in [0.2, 0.25) is 15.9 Å². The summed E-state index contributed by atoms with van der Waals surface area (Å²) in [5.41, 5.74) is -0.678. The highest BCUT2D eigenvalue weighted by Crippen LogP contribution is 2.50. The van der Waals surface area contributed by atoms with Crippen LogP contribution in [0.2, 0.25) is 0 Å². The molecule has 1 N–H and O–H groups in total. The summed E-state index contributed by atoms with van der Waals surface area (Å²) in [4.78, 5) is 4.36. The minimum Gasteiger partial charge on any atom is -0.379 e. The number of sulfonamides is 1. The molecule has 1 saturated carbocycles. The molecule has 28 heavy (non-hydrogen) atoms. The van der Waals surface area contributed by atoms with E-state index < -0.39 is 25.6 Å². The van der Waals surface area contributed by atoms with Crippen molar-refractivity contribution in [1.29, 1.82) is 0 Å². The van der Waals surface area contributed by atoms with Crippen LogP contribution >= 0.6 is 0 Å². The third-order valence-corrected chi connectivity index (χ3v) is 8.78. The van der Waals surface area contributed by atoms with E-state index in [0.717, 1.165) is 0 Å². The van der Waals surface area contributed by atoms with Gasteiger partial charge in [-0.25, -0.2) is 12.7 Å². The quantitative estimate of drug-likeness (QED) is 0.612. The summed E-state index contributed by atoms with van der Waals surface area (Å²) in [6.07, 6.45) is 2.10. The molecule has 11 nitrogen and oxygen atoms in total. The Bertz CT molecular complexity index is 942. The highest BCUT2D eigenvalue weighted by atomic mass is 32.2. The molecule has 0 amide bonds. The van der Waals surface area contributed by atoms with Crippen LogP contribution in [0.5, 0.6) is 0 Å². The van der Waals surface area contributed by atoms with E-state index in [1.807, 2.05) is 0 Å². The Morgan fingerprint density at radius 1 is 1.18 bits per heavy atom. The molecular formula is C15H25N5O6S2. The Kier molecular flexibility index (Phi) is 5.03. The number of nitrogens with zero attached hydrogens (tertiary/aromatic N) is 4. The van der Waals surface area contributed by atoms with E-state index in [-0.39, 0.29) is 18.5 Å². The van der Waals surface area contributed by atoms with Crippen LogP contribution in [-0.2, 0) is 30.4 Å². The van der Waals surface area contributed by atoms with Gasteiger partial charge < -0.3 is 9.26 Å². The molecule has 1 aliphatic carbocycles. The molecule has 0 unspecified atom stereocenters. The summed E-state index contributed by atoms with van der Waals surface area (Å²) in [5.74, 6) is 0.756. The summed E-state index contributed by atoms with van der Waals surface area (Å²) < 4.78 is 65.9. The summed E-state index contributed by atoms with van der Waals surface area (Å²) in [5, 5.41) is 3.86. The fraction of sp³-hybridized carbons (Fsp3) is 0.867. The lowest BCUT2D eigenvalue weighted by atomic mass is 9.80. The lowest BCUT2D eigenvalue weighted by molar-refractivity contribution is 0.0723. The van der Waals surface area contributed by atoms with Gasteiger partial charge in [0.1, 0.15) is 0 Å². The van der Waals surface area contributed by atoms with Crippen LogP contribution in [0.1, 0.15) is 24.6 Å². The maximum Gasteiger partial charge on any atom is 0.279 e. The molecule has 1 aromatic heterocycles. The topological polar surface area (TPSA) is 135 Å². The van der Waals surface area contributed by atoms with E-state index in [0.29, 0.717) is 57.4 Å². The van der Waals surface area contributed by atoms with Crippen LogP contribution in [0.4, 0.5) is 0 Å². The van der Waals surface area contributed by atoms with Crippen molar-refractivity contribution >= 4 is 20.2 Å².